The molecule has 1 fully saturated rings. The standard InChI is InChI=1S/C25H29N3O5S.2C2HF3O2/c1-17-14-18(21-6-3-4-8-23(21)26-17)15-33-19-9-11-20(12-10-19)34(31,32)16-24-22(25(29)27-30)7-5-13-28(24)2;2*3-2(4,5)1(6)7/h3-4,6,8-12,14,22,24,30H,5,7,13,15-16H2,1-2H3,(H,27,29);2*(H,6,7)/t22-,24+;;/m0../s1. The van der Waals surface area contributed by atoms with Gasteiger partial charge in [-0.05, 0) is 69.8 Å². The maximum Gasteiger partial charge on any atom is 0.490 e. The highest BCUT2D eigenvalue weighted by atomic mass is 32.2. The number of hydroxylamine groups is 1. The van der Waals surface area contributed by atoms with Crippen molar-refractivity contribution in [2.75, 3.05) is 19.3 Å². The first-order valence-corrected chi connectivity index (χ1v) is 15.4. The number of aromatic nitrogens is 1. The zero-order chi connectivity index (χ0) is 36.4. The topological polar surface area (TPSA) is 183 Å². The van der Waals surface area contributed by atoms with Crippen LogP contribution in [0.5, 0.6) is 5.75 Å². The molecule has 1 aliphatic heterocycles. The minimum absolute atomic E-state index is 0.173. The number of carbonyl (C=O) groups excluding carboxylic acids is 1. The molecule has 0 radical (unpaired) electrons. The number of para-hydroxylation sites is 1. The third-order valence-corrected chi connectivity index (χ3v) is 8.66. The smallest absolute Gasteiger partial charge is 0.489 e. The molecule has 264 valence electrons. The van der Waals surface area contributed by atoms with Crippen LogP contribution in [-0.2, 0) is 30.8 Å². The minimum atomic E-state index is -5.08. The molecule has 2 aromatic carbocycles. The number of ether oxygens (including phenoxy) is 1. The van der Waals surface area contributed by atoms with Crippen LogP contribution in [0.25, 0.3) is 10.9 Å². The molecule has 3 aromatic rings. The van der Waals surface area contributed by atoms with Crippen molar-refractivity contribution in [1.29, 1.82) is 0 Å². The second kappa shape index (κ2) is 16.6. The Morgan fingerprint density at radius 1 is 0.979 bits per heavy atom. The van der Waals surface area contributed by atoms with E-state index in [-0.39, 0.29) is 10.6 Å². The highest BCUT2D eigenvalue weighted by Gasteiger charge is 2.39. The van der Waals surface area contributed by atoms with Crippen LogP contribution in [0, 0.1) is 12.8 Å². The quantitative estimate of drug-likeness (QED) is 0.155. The van der Waals surface area contributed by atoms with Crippen molar-refractivity contribution in [2.24, 2.45) is 5.92 Å². The van der Waals surface area contributed by atoms with Crippen LogP contribution in [0.2, 0.25) is 0 Å². The van der Waals surface area contributed by atoms with Crippen LogP contribution in [-0.4, -0.2) is 89.3 Å². The summed E-state index contributed by atoms with van der Waals surface area (Å²) >= 11 is 0. The molecule has 48 heavy (non-hydrogen) atoms. The highest BCUT2D eigenvalue weighted by Crippen LogP contribution is 2.27. The van der Waals surface area contributed by atoms with Crippen molar-refractivity contribution in [3.8, 4) is 5.75 Å². The molecular weight excluding hydrogens is 680 g/mol. The van der Waals surface area contributed by atoms with Gasteiger partial charge in [-0.2, -0.15) is 26.3 Å². The van der Waals surface area contributed by atoms with Crippen LogP contribution in [0.1, 0.15) is 24.1 Å². The molecule has 0 bridgehead atoms. The fourth-order valence-electron chi connectivity index (χ4n) is 4.60. The molecule has 0 saturated carbocycles. The number of aliphatic carboxylic acids is 2. The van der Waals surface area contributed by atoms with Crippen molar-refractivity contribution >= 4 is 38.6 Å². The number of pyridine rings is 1. The van der Waals surface area contributed by atoms with Crippen molar-refractivity contribution in [2.45, 2.75) is 49.7 Å². The van der Waals surface area contributed by atoms with E-state index in [4.69, 9.17) is 29.7 Å². The number of carboxylic acids is 2. The summed E-state index contributed by atoms with van der Waals surface area (Å²) in [5, 5.41) is 24.3. The van der Waals surface area contributed by atoms with Gasteiger partial charge in [0, 0.05) is 22.7 Å². The second-order valence-corrected chi connectivity index (χ2v) is 12.4. The number of likely N-dealkylation sites (tertiary alicyclic amines) is 1. The number of sulfone groups is 1. The number of carboxylic acid groups (broad SMARTS) is 2. The Kier molecular flexibility index (Phi) is 13.7. The number of piperidine rings is 1. The Balaban J connectivity index is 0.000000479. The van der Waals surface area contributed by atoms with Gasteiger partial charge >= 0.3 is 24.3 Å². The lowest BCUT2D eigenvalue weighted by Crippen LogP contribution is -2.51. The number of hydrogen-bond acceptors (Lipinski definition) is 9. The minimum Gasteiger partial charge on any atom is -0.489 e. The lowest BCUT2D eigenvalue weighted by atomic mass is 9.90. The average molecular weight is 712 g/mol. The number of hydrogen-bond donors (Lipinski definition) is 4. The van der Waals surface area contributed by atoms with E-state index in [9.17, 15) is 39.6 Å². The van der Waals surface area contributed by atoms with E-state index in [2.05, 4.69) is 4.98 Å². The van der Waals surface area contributed by atoms with Crippen LogP contribution in [0.15, 0.2) is 59.5 Å². The first-order chi connectivity index (χ1) is 22.2. The molecule has 12 nitrogen and oxygen atoms in total. The van der Waals surface area contributed by atoms with Crippen LogP contribution < -0.4 is 10.2 Å². The second-order valence-electron chi connectivity index (χ2n) is 10.4. The molecule has 0 aliphatic carbocycles. The number of alkyl halides is 6. The number of nitrogens with zero attached hydrogens (tertiary/aromatic N) is 2. The fourth-order valence-corrected chi connectivity index (χ4v) is 6.28. The number of fused-ring (bicyclic) bond motifs is 1. The maximum atomic E-state index is 13.1. The predicted molar refractivity (Wildman–Crippen MR) is 156 cm³/mol. The van der Waals surface area contributed by atoms with Gasteiger partial charge in [0.15, 0.2) is 9.84 Å². The number of benzene rings is 2. The van der Waals surface area contributed by atoms with Gasteiger partial charge in [0.25, 0.3) is 0 Å². The van der Waals surface area contributed by atoms with E-state index < -0.39 is 52.0 Å². The Labute approximate surface area is 269 Å². The lowest BCUT2D eigenvalue weighted by Gasteiger charge is -2.37. The number of amides is 1. The summed E-state index contributed by atoms with van der Waals surface area (Å²) in [6.45, 7) is 2.97. The Bertz CT molecular complexity index is 1660. The van der Waals surface area contributed by atoms with Crippen LogP contribution >= 0.6 is 0 Å². The Morgan fingerprint density at radius 2 is 1.52 bits per heavy atom. The number of carbonyl (C=O) groups is 3. The zero-order valence-electron chi connectivity index (χ0n) is 25.2. The summed E-state index contributed by atoms with van der Waals surface area (Å²) < 4.78 is 95.6. The predicted octanol–water partition coefficient (Wildman–Crippen LogP) is 4.38. The molecule has 1 aliphatic rings. The first kappa shape index (κ1) is 39.7. The SMILES string of the molecule is Cc1cc(COc2ccc(S(=O)(=O)C[C@@H]3[C@@H](C(=O)NO)CCCN3C)cc2)c2ccccc2n1.O=C(O)C(F)(F)F.O=C(O)C(F)(F)F. The molecule has 2 atom stereocenters. The summed E-state index contributed by atoms with van der Waals surface area (Å²) in [7, 11) is -1.85. The van der Waals surface area contributed by atoms with Crippen molar-refractivity contribution in [3.05, 3.63) is 65.9 Å². The van der Waals surface area contributed by atoms with Gasteiger partial charge < -0.3 is 19.8 Å². The van der Waals surface area contributed by atoms with E-state index in [1.165, 1.54) is 12.1 Å². The first-order valence-electron chi connectivity index (χ1n) is 13.7. The van der Waals surface area contributed by atoms with E-state index >= 15 is 0 Å². The molecule has 19 heteroatoms. The van der Waals surface area contributed by atoms with Crippen molar-refractivity contribution < 1.29 is 69.3 Å². The third-order valence-electron chi connectivity index (χ3n) is 6.89. The van der Waals surface area contributed by atoms with Gasteiger partial charge in [0.2, 0.25) is 5.91 Å². The molecule has 4 rings (SSSR count). The van der Waals surface area contributed by atoms with Crippen molar-refractivity contribution in [1.82, 2.24) is 15.4 Å². The molecule has 0 unspecified atom stereocenters. The van der Waals surface area contributed by atoms with Gasteiger partial charge in [-0.25, -0.2) is 23.5 Å². The molecule has 1 amide bonds. The largest absolute Gasteiger partial charge is 0.490 e. The van der Waals surface area contributed by atoms with Gasteiger partial charge in [-0.1, -0.05) is 18.2 Å². The van der Waals surface area contributed by atoms with E-state index in [1.807, 2.05) is 42.2 Å². The lowest BCUT2D eigenvalue weighted by molar-refractivity contribution is -0.193. The number of nitrogens with one attached hydrogen (secondary N) is 1. The van der Waals surface area contributed by atoms with Crippen LogP contribution in [0.3, 0.4) is 0 Å². The summed E-state index contributed by atoms with van der Waals surface area (Å²) in [5.41, 5.74) is 4.50. The Hall–Kier alpha value is -4.49. The summed E-state index contributed by atoms with van der Waals surface area (Å²) in [6.07, 6.45) is -8.86. The monoisotopic (exact) mass is 711 g/mol. The zero-order valence-corrected chi connectivity index (χ0v) is 26.1. The highest BCUT2D eigenvalue weighted by molar-refractivity contribution is 7.91. The third kappa shape index (κ3) is 11.6. The summed E-state index contributed by atoms with van der Waals surface area (Å²) in [5.74, 6) is -6.29. The Morgan fingerprint density at radius 3 is 2.04 bits per heavy atom. The molecule has 0 spiro atoms. The molecule has 1 aromatic heterocycles. The van der Waals surface area contributed by atoms with E-state index in [0.29, 0.717) is 25.3 Å². The summed E-state index contributed by atoms with van der Waals surface area (Å²) in [4.78, 5) is 36.5. The summed E-state index contributed by atoms with van der Waals surface area (Å²) in [6, 6.07) is 15.7. The van der Waals surface area contributed by atoms with Crippen LogP contribution in [0.4, 0.5) is 26.3 Å². The molecule has 4 N–H and O–H groups in total. The average Bonchev–Trinajstić information content (AvgIpc) is 3.00. The van der Waals surface area contributed by atoms with E-state index in [0.717, 1.165) is 28.6 Å². The van der Waals surface area contributed by atoms with Gasteiger partial charge in [0.05, 0.1) is 22.1 Å². The normalized spacial score (nSPS) is 16.9. The van der Waals surface area contributed by atoms with E-state index in [1.54, 1.807) is 24.7 Å². The van der Waals surface area contributed by atoms with Crippen molar-refractivity contribution in [3.63, 3.8) is 0 Å². The fraction of sp³-hybridized carbons (Fsp3) is 0.379. The number of rotatable bonds is 7. The molecular formula is C29H31F6N3O9S. The van der Waals surface area contributed by atoms with Gasteiger partial charge in [-0.15, -0.1) is 0 Å². The maximum absolute atomic E-state index is 13.1. The molecule has 2 heterocycles. The van der Waals surface area contributed by atoms with Gasteiger partial charge in [0.1, 0.15) is 12.4 Å². The molecule has 1 saturated heterocycles. The van der Waals surface area contributed by atoms with Gasteiger partial charge in [-0.3, -0.25) is 15.0 Å². The number of halogens is 6. The number of aryl methyl sites for hydroxylation is 1.